The van der Waals surface area contributed by atoms with Gasteiger partial charge in [0.1, 0.15) is 0 Å². The van der Waals surface area contributed by atoms with E-state index >= 15 is 8.78 Å². The summed E-state index contributed by atoms with van der Waals surface area (Å²) in [6, 6.07) is 0. The molecule has 0 aromatic carbocycles. The molecule has 10 atom stereocenters. The summed E-state index contributed by atoms with van der Waals surface area (Å²) in [6.45, 7) is 10.3. The Hall–Kier alpha value is -0.260. The summed E-state index contributed by atoms with van der Waals surface area (Å²) in [4.78, 5) is 0. The van der Waals surface area contributed by atoms with Gasteiger partial charge in [-0.25, -0.2) is 8.78 Å². The van der Waals surface area contributed by atoms with Gasteiger partial charge in [-0.15, -0.1) is 0 Å². The van der Waals surface area contributed by atoms with Crippen LogP contribution in [-0.4, -0.2) is 39.6 Å². The van der Waals surface area contributed by atoms with E-state index in [1.54, 1.807) is 0 Å². The smallest absolute Gasteiger partial charge is 0.251 e. The van der Waals surface area contributed by atoms with Gasteiger partial charge in [-0.3, -0.25) is 0 Å². The number of hydrogen-bond donors (Lipinski definition) is 3. The third-order valence-electron chi connectivity index (χ3n) is 11.4. The molecule has 4 saturated carbocycles. The maximum absolute atomic E-state index is 16.0. The van der Waals surface area contributed by atoms with Crippen molar-refractivity contribution in [1.82, 2.24) is 0 Å². The standard InChI is InChI=1S/C28H48F2O3/c1-17(7-6-12-25(2,3)33)19-8-9-20-24-21(10-13-26(19,20)4)27(5)14-11-23(32)18(16-31)22(27)15-28(24,29)30/h17-24,31-33H,6-16H2,1-5H3/t17-,18?,19-,20+,21+,22+,23+,24+,26-,27-/m1/s1. The van der Waals surface area contributed by atoms with Crippen molar-refractivity contribution in [2.45, 2.75) is 116 Å². The molecular formula is C28H48F2O3. The van der Waals surface area contributed by atoms with E-state index in [1.807, 2.05) is 13.8 Å². The summed E-state index contributed by atoms with van der Waals surface area (Å²) in [5.41, 5.74) is -0.890. The molecule has 4 rings (SSSR count). The molecule has 3 nitrogen and oxygen atoms in total. The van der Waals surface area contributed by atoms with E-state index < -0.39 is 29.5 Å². The van der Waals surface area contributed by atoms with Crippen molar-refractivity contribution in [1.29, 1.82) is 0 Å². The molecule has 1 unspecified atom stereocenters. The van der Waals surface area contributed by atoms with Crippen LogP contribution in [0.5, 0.6) is 0 Å². The highest BCUT2D eigenvalue weighted by Crippen LogP contribution is 2.71. The van der Waals surface area contributed by atoms with Crippen LogP contribution in [0.4, 0.5) is 8.78 Å². The van der Waals surface area contributed by atoms with Crippen LogP contribution in [0.15, 0.2) is 0 Å². The van der Waals surface area contributed by atoms with Crippen molar-refractivity contribution >= 4 is 0 Å². The quantitative estimate of drug-likeness (QED) is 0.443. The van der Waals surface area contributed by atoms with Gasteiger partial charge in [-0.1, -0.05) is 33.6 Å². The molecule has 192 valence electrons. The lowest BCUT2D eigenvalue weighted by Crippen LogP contribution is -2.63. The summed E-state index contributed by atoms with van der Waals surface area (Å²) < 4.78 is 32.0. The minimum Gasteiger partial charge on any atom is -0.396 e. The molecule has 4 aliphatic carbocycles. The Kier molecular flexibility index (Phi) is 6.80. The normalized spacial score (nSPS) is 48.0. The molecule has 0 saturated heterocycles. The van der Waals surface area contributed by atoms with Gasteiger partial charge in [0.05, 0.1) is 11.7 Å². The van der Waals surface area contributed by atoms with Gasteiger partial charge in [-0.2, -0.15) is 0 Å². The predicted octanol–water partition coefficient (Wildman–Crippen LogP) is 6.05. The summed E-state index contributed by atoms with van der Waals surface area (Å²) in [6.07, 6.45) is 7.22. The van der Waals surface area contributed by atoms with Gasteiger partial charge in [0.25, 0.3) is 5.92 Å². The predicted molar refractivity (Wildman–Crippen MR) is 127 cm³/mol. The molecule has 0 radical (unpaired) electrons. The fourth-order valence-corrected chi connectivity index (χ4v) is 9.64. The molecule has 0 heterocycles. The average Bonchev–Trinajstić information content (AvgIpc) is 3.05. The van der Waals surface area contributed by atoms with E-state index in [4.69, 9.17) is 0 Å². The van der Waals surface area contributed by atoms with Crippen LogP contribution in [0, 0.1) is 52.3 Å². The van der Waals surface area contributed by atoms with Crippen molar-refractivity contribution < 1.29 is 24.1 Å². The molecule has 0 spiro atoms. The maximum Gasteiger partial charge on any atom is 0.251 e. The highest BCUT2D eigenvalue weighted by atomic mass is 19.3. The Morgan fingerprint density at radius 2 is 1.61 bits per heavy atom. The fraction of sp³-hybridized carbons (Fsp3) is 1.00. The second-order valence-corrected chi connectivity index (χ2v) is 13.7. The molecule has 5 heteroatoms. The lowest BCUT2D eigenvalue weighted by Gasteiger charge is -2.64. The van der Waals surface area contributed by atoms with E-state index in [-0.39, 0.29) is 41.6 Å². The van der Waals surface area contributed by atoms with Crippen LogP contribution < -0.4 is 0 Å². The van der Waals surface area contributed by atoms with E-state index in [0.717, 1.165) is 51.4 Å². The van der Waals surface area contributed by atoms with E-state index in [9.17, 15) is 15.3 Å². The Labute approximate surface area is 199 Å². The Balaban J connectivity index is 1.56. The van der Waals surface area contributed by atoms with Crippen LogP contribution >= 0.6 is 0 Å². The van der Waals surface area contributed by atoms with Crippen molar-refractivity contribution in [3.63, 3.8) is 0 Å². The first-order chi connectivity index (χ1) is 15.2. The highest BCUT2D eigenvalue weighted by molar-refractivity contribution is 5.14. The Morgan fingerprint density at radius 3 is 2.24 bits per heavy atom. The number of hydrogen-bond acceptors (Lipinski definition) is 3. The van der Waals surface area contributed by atoms with Crippen molar-refractivity contribution in [3.05, 3.63) is 0 Å². The minimum atomic E-state index is -2.73. The zero-order valence-electron chi connectivity index (χ0n) is 21.5. The minimum absolute atomic E-state index is 0.0184. The van der Waals surface area contributed by atoms with Gasteiger partial charge in [0, 0.05) is 24.9 Å². The van der Waals surface area contributed by atoms with Crippen molar-refractivity contribution in [3.8, 4) is 0 Å². The lowest BCUT2D eigenvalue weighted by atomic mass is 9.42. The Bertz CT molecular complexity index is 706. The molecular weight excluding hydrogens is 422 g/mol. The van der Waals surface area contributed by atoms with Crippen LogP contribution in [-0.2, 0) is 0 Å². The SMILES string of the molecule is C[C@H](CCCC(C)(C)O)[C@H]1CC[C@H]2[C@H]3[C@H](CC[C@]12C)[C@@]1(C)CC[C@H](O)C(CO)[C@@H]1CC3(F)F. The summed E-state index contributed by atoms with van der Waals surface area (Å²) in [7, 11) is 0. The molecule has 0 aromatic rings. The zero-order chi connectivity index (χ0) is 24.4. The lowest BCUT2D eigenvalue weighted by molar-refractivity contribution is -0.252. The van der Waals surface area contributed by atoms with Gasteiger partial charge in [0.15, 0.2) is 0 Å². The van der Waals surface area contributed by atoms with Crippen LogP contribution in [0.25, 0.3) is 0 Å². The van der Waals surface area contributed by atoms with Gasteiger partial charge < -0.3 is 15.3 Å². The third-order valence-corrected chi connectivity index (χ3v) is 11.4. The molecule has 3 N–H and O–H groups in total. The van der Waals surface area contributed by atoms with Crippen molar-refractivity contribution in [2.75, 3.05) is 6.61 Å². The maximum atomic E-state index is 16.0. The van der Waals surface area contributed by atoms with E-state index in [1.165, 1.54) is 0 Å². The summed E-state index contributed by atoms with van der Waals surface area (Å²) in [5.74, 6) is -3.01. The van der Waals surface area contributed by atoms with Crippen LogP contribution in [0.3, 0.4) is 0 Å². The monoisotopic (exact) mass is 470 g/mol. The fourth-order valence-electron chi connectivity index (χ4n) is 9.64. The van der Waals surface area contributed by atoms with Gasteiger partial charge in [0.2, 0.25) is 0 Å². The van der Waals surface area contributed by atoms with Crippen molar-refractivity contribution in [2.24, 2.45) is 52.3 Å². The second kappa shape index (κ2) is 8.69. The third kappa shape index (κ3) is 4.31. The second-order valence-electron chi connectivity index (χ2n) is 13.7. The number of aliphatic hydroxyl groups is 3. The molecule has 0 bridgehead atoms. The number of fused-ring (bicyclic) bond motifs is 5. The van der Waals surface area contributed by atoms with E-state index in [0.29, 0.717) is 18.3 Å². The summed E-state index contributed by atoms with van der Waals surface area (Å²) in [5, 5.41) is 30.5. The number of rotatable bonds is 6. The zero-order valence-corrected chi connectivity index (χ0v) is 21.5. The molecule has 4 aliphatic rings. The summed E-state index contributed by atoms with van der Waals surface area (Å²) >= 11 is 0. The molecule has 0 aliphatic heterocycles. The molecule has 33 heavy (non-hydrogen) atoms. The first kappa shape index (κ1) is 25.8. The van der Waals surface area contributed by atoms with Crippen LogP contribution in [0.1, 0.15) is 98.8 Å². The van der Waals surface area contributed by atoms with Gasteiger partial charge >= 0.3 is 0 Å². The first-order valence-electron chi connectivity index (χ1n) is 13.6. The largest absolute Gasteiger partial charge is 0.396 e. The first-order valence-corrected chi connectivity index (χ1v) is 13.6. The number of halogens is 2. The van der Waals surface area contributed by atoms with E-state index in [2.05, 4.69) is 20.8 Å². The van der Waals surface area contributed by atoms with Crippen LogP contribution in [0.2, 0.25) is 0 Å². The highest BCUT2D eigenvalue weighted by Gasteiger charge is 2.69. The number of aliphatic hydroxyl groups excluding tert-OH is 2. The molecule has 4 fully saturated rings. The Morgan fingerprint density at radius 1 is 0.970 bits per heavy atom. The molecule has 0 aromatic heterocycles. The average molecular weight is 471 g/mol. The molecule has 0 amide bonds. The number of alkyl halides is 2. The topological polar surface area (TPSA) is 60.7 Å². The van der Waals surface area contributed by atoms with Gasteiger partial charge in [-0.05, 0) is 99.2 Å².